The Labute approximate surface area is 167 Å². The first-order valence-electron chi connectivity index (χ1n) is 9.37. The molecule has 144 valence electrons. The summed E-state index contributed by atoms with van der Waals surface area (Å²) in [5.41, 5.74) is 2.58. The predicted molar refractivity (Wildman–Crippen MR) is 115 cm³/mol. The molecular formula is C21H22N4O2S. The van der Waals surface area contributed by atoms with Gasteiger partial charge in [-0.25, -0.2) is 9.98 Å². The maximum absolute atomic E-state index is 12.9. The summed E-state index contributed by atoms with van der Waals surface area (Å²) in [6.07, 6.45) is 4.43. The smallest absolute Gasteiger partial charge is 0.262 e. The molecule has 1 atom stereocenters. The van der Waals surface area contributed by atoms with Gasteiger partial charge in [-0.3, -0.25) is 9.59 Å². The Hall–Kier alpha value is -2.67. The van der Waals surface area contributed by atoms with E-state index in [-0.39, 0.29) is 11.8 Å². The van der Waals surface area contributed by atoms with Crippen molar-refractivity contribution in [3.63, 3.8) is 0 Å². The number of aromatic nitrogens is 1. The molecule has 0 spiro atoms. The monoisotopic (exact) mass is 394 g/mol. The molecule has 0 fully saturated rings. The Kier molecular flexibility index (Phi) is 4.93. The van der Waals surface area contributed by atoms with Crippen LogP contribution in [0.1, 0.15) is 27.2 Å². The normalized spacial score (nSPS) is 18.8. The van der Waals surface area contributed by atoms with Gasteiger partial charge in [-0.05, 0) is 43.0 Å². The minimum absolute atomic E-state index is 0.213. The molecule has 0 bridgehead atoms. The van der Waals surface area contributed by atoms with Crippen molar-refractivity contribution in [3.05, 3.63) is 40.9 Å². The second-order valence-corrected chi connectivity index (χ2v) is 8.51. The quantitative estimate of drug-likeness (QED) is 0.824. The summed E-state index contributed by atoms with van der Waals surface area (Å²) >= 11 is 1.26. The number of thioether (sulfide) groups is 1. The second-order valence-electron chi connectivity index (χ2n) is 7.48. The van der Waals surface area contributed by atoms with E-state index in [1.54, 1.807) is 6.92 Å². The minimum atomic E-state index is -0.511. The number of fused-ring (bicyclic) bond motifs is 2. The van der Waals surface area contributed by atoms with Crippen LogP contribution in [0, 0.1) is 11.8 Å². The van der Waals surface area contributed by atoms with Crippen LogP contribution in [0.2, 0.25) is 0 Å². The van der Waals surface area contributed by atoms with Crippen molar-refractivity contribution >= 4 is 51.5 Å². The number of rotatable bonds is 5. The molecule has 0 saturated carbocycles. The standard InChI is InChI=1S/C21H22N4O2S/c1-12(2)7-9-25-10-8-14-15(5-4-6-16(14)25)24-20(27)18-13(3)17-19(26)22-11-23-21(17)28-18/h4-6,8,10-12,17H,7,9H2,1-3H3,(H,24,27). The maximum Gasteiger partial charge on any atom is 0.262 e. The fourth-order valence-electron chi connectivity index (χ4n) is 3.50. The summed E-state index contributed by atoms with van der Waals surface area (Å²) in [5.74, 6) is -0.353. The zero-order chi connectivity index (χ0) is 19.8. The van der Waals surface area contributed by atoms with Crippen LogP contribution in [0.3, 0.4) is 0 Å². The van der Waals surface area contributed by atoms with E-state index in [1.165, 1.54) is 18.1 Å². The number of hydrogen-bond acceptors (Lipinski definition) is 4. The van der Waals surface area contributed by atoms with Gasteiger partial charge in [0.25, 0.3) is 11.8 Å². The van der Waals surface area contributed by atoms with E-state index in [0.717, 1.165) is 29.6 Å². The SMILES string of the molecule is CC1=C(C(=O)Nc2cccc3c2ccn3CCC(C)C)SC2=NC=NC(=O)C21. The van der Waals surface area contributed by atoms with Gasteiger partial charge in [0.1, 0.15) is 12.3 Å². The Morgan fingerprint density at radius 2 is 2.14 bits per heavy atom. The van der Waals surface area contributed by atoms with E-state index in [0.29, 0.717) is 21.4 Å². The lowest BCUT2D eigenvalue weighted by Crippen LogP contribution is -2.21. The topological polar surface area (TPSA) is 75.8 Å². The van der Waals surface area contributed by atoms with Gasteiger partial charge in [0, 0.05) is 18.1 Å². The molecule has 2 aliphatic heterocycles. The molecule has 6 nitrogen and oxygen atoms in total. The number of amides is 2. The van der Waals surface area contributed by atoms with Crippen molar-refractivity contribution in [2.75, 3.05) is 5.32 Å². The number of anilines is 1. The van der Waals surface area contributed by atoms with Gasteiger partial charge in [0.05, 0.1) is 21.2 Å². The number of hydrogen-bond donors (Lipinski definition) is 1. The lowest BCUT2D eigenvalue weighted by Gasteiger charge is -2.10. The van der Waals surface area contributed by atoms with Crippen molar-refractivity contribution in [1.82, 2.24) is 4.57 Å². The molecule has 1 aromatic carbocycles. The van der Waals surface area contributed by atoms with Crippen LogP contribution in [-0.4, -0.2) is 27.8 Å². The van der Waals surface area contributed by atoms with E-state index >= 15 is 0 Å². The molecule has 0 saturated heterocycles. The second kappa shape index (κ2) is 7.39. The molecule has 0 radical (unpaired) electrons. The van der Waals surface area contributed by atoms with Crippen molar-refractivity contribution in [3.8, 4) is 0 Å². The van der Waals surface area contributed by atoms with Crippen LogP contribution >= 0.6 is 11.8 Å². The average molecular weight is 395 g/mol. The Morgan fingerprint density at radius 1 is 1.32 bits per heavy atom. The number of nitrogens with one attached hydrogen (secondary N) is 1. The van der Waals surface area contributed by atoms with Crippen LogP contribution in [0.25, 0.3) is 10.9 Å². The molecule has 28 heavy (non-hydrogen) atoms. The van der Waals surface area contributed by atoms with E-state index in [9.17, 15) is 9.59 Å². The molecule has 7 heteroatoms. The third kappa shape index (κ3) is 3.30. The first-order valence-corrected chi connectivity index (χ1v) is 10.2. The summed E-state index contributed by atoms with van der Waals surface area (Å²) in [7, 11) is 0. The lowest BCUT2D eigenvalue weighted by atomic mass is 10.00. The lowest BCUT2D eigenvalue weighted by molar-refractivity contribution is -0.118. The summed E-state index contributed by atoms with van der Waals surface area (Å²) < 4.78 is 2.22. The Bertz CT molecular complexity index is 1060. The molecular weight excluding hydrogens is 372 g/mol. The Balaban J connectivity index is 1.59. The van der Waals surface area contributed by atoms with E-state index < -0.39 is 5.92 Å². The van der Waals surface area contributed by atoms with Crippen molar-refractivity contribution in [2.24, 2.45) is 21.8 Å². The highest BCUT2D eigenvalue weighted by Gasteiger charge is 2.39. The van der Waals surface area contributed by atoms with Gasteiger partial charge in [0.15, 0.2) is 0 Å². The van der Waals surface area contributed by atoms with E-state index in [1.807, 2.05) is 18.2 Å². The molecule has 4 rings (SSSR count). The summed E-state index contributed by atoms with van der Waals surface area (Å²) in [6.45, 7) is 7.17. The maximum atomic E-state index is 12.9. The number of carbonyl (C=O) groups excluding carboxylic acids is 2. The molecule has 0 aliphatic carbocycles. The van der Waals surface area contributed by atoms with E-state index in [2.05, 4.69) is 46.0 Å². The number of aryl methyl sites for hydroxylation is 1. The molecule has 1 unspecified atom stereocenters. The summed E-state index contributed by atoms with van der Waals surface area (Å²) in [4.78, 5) is 33.4. The van der Waals surface area contributed by atoms with Crippen LogP contribution in [0.15, 0.2) is 50.9 Å². The number of carbonyl (C=O) groups is 2. The summed E-state index contributed by atoms with van der Waals surface area (Å²) in [6, 6.07) is 7.96. The number of benzene rings is 1. The molecule has 2 aliphatic rings. The summed E-state index contributed by atoms with van der Waals surface area (Å²) in [5, 5.41) is 4.66. The van der Waals surface area contributed by atoms with Crippen LogP contribution in [0.5, 0.6) is 0 Å². The van der Waals surface area contributed by atoms with Gasteiger partial charge in [-0.1, -0.05) is 31.7 Å². The van der Waals surface area contributed by atoms with Crippen LogP contribution in [0.4, 0.5) is 5.69 Å². The largest absolute Gasteiger partial charge is 0.347 e. The first-order chi connectivity index (χ1) is 13.5. The van der Waals surface area contributed by atoms with Gasteiger partial charge in [0.2, 0.25) is 0 Å². The van der Waals surface area contributed by atoms with Gasteiger partial charge >= 0.3 is 0 Å². The van der Waals surface area contributed by atoms with Crippen LogP contribution < -0.4 is 5.32 Å². The van der Waals surface area contributed by atoms with Gasteiger partial charge < -0.3 is 9.88 Å². The van der Waals surface area contributed by atoms with E-state index in [4.69, 9.17) is 0 Å². The first kappa shape index (κ1) is 18.7. The van der Waals surface area contributed by atoms with Crippen LogP contribution in [-0.2, 0) is 16.1 Å². The van der Waals surface area contributed by atoms with Gasteiger partial charge in [-0.15, -0.1) is 0 Å². The third-order valence-corrected chi connectivity index (χ3v) is 6.34. The highest BCUT2D eigenvalue weighted by Crippen LogP contribution is 2.40. The van der Waals surface area contributed by atoms with Gasteiger partial charge in [-0.2, -0.15) is 0 Å². The van der Waals surface area contributed by atoms with Crippen molar-refractivity contribution in [2.45, 2.75) is 33.7 Å². The fraction of sp³-hybridized carbons (Fsp3) is 0.333. The molecule has 2 amide bonds. The Morgan fingerprint density at radius 3 is 2.89 bits per heavy atom. The molecule has 1 N–H and O–H groups in total. The fourth-order valence-corrected chi connectivity index (χ4v) is 4.63. The zero-order valence-corrected chi connectivity index (χ0v) is 16.9. The van der Waals surface area contributed by atoms with Crippen molar-refractivity contribution < 1.29 is 9.59 Å². The number of aliphatic imine (C=N–C) groups is 2. The molecule has 3 heterocycles. The van der Waals surface area contributed by atoms with Crippen molar-refractivity contribution in [1.29, 1.82) is 0 Å². The molecule has 2 aromatic rings. The highest BCUT2D eigenvalue weighted by molar-refractivity contribution is 8.18. The predicted octanol–water partition coefficient (Wildman–Crippen LogP) is 4.23. The zero-order valence-electron chi connectivity index (χ0n) is 16.1. The highest BCUT2D eigenvalue weighted by atomic mass is 32.2. The average Bonchev–Trinajstić information content (AvgIpc) is 3.22. The number of nitrogens with zero attached hydrogens (tertiary/aromatic N) is 3. The third-order valence-electron chi connectivity index (χ3n) is 5.08. The minimum Gasteiger partial charge on any atom is -0.347 e. The molecule has 1 aromatic heterocycles.